The molecular formula is C9H7ClN2O2. The minimum absolute atomic E-state index is 0.139. The molecule has 0 aliphatic carbocycles. The average molecular weight is 211 g/mol. The smallest absolute Gasteiger partial charge is 0.173 e. The first-order valence-electron chi connectivity index (χ1n) is 3.73. The number of carbonyl (C=O) groups excluding carboxylic acids is 1. The summed E-state index contributed by atoms with van der Waals surface area (Å²) >= 11 is 5.65. The molecule has 0 radical (unpaired) electrons. The number of aliphatic hydroxyl groups is 1. The summed E-state index contributed by atoms with van der Waals surface area (Å²) in [5.41, 5.74) is 0.413. The van der Waals surface area contributed by atoms with Crippen molar-refractivity contribution in [2.45, 2.75) is 0 Å². The number of aldehydes is 1. The van der Waals surface area contributed by atoms with E-state index in [1.165, 1.54) is 0 Å². The number of rotatable bonds is 3. The molecular weight excluding hydrogens is 204 g/mol. The fourth-order valence-electron chi connectivity index (χ4n) is 0.703. The molecule has 0 saturated carbocycles. The van der Waals surface area contributed by atoms with Crippen molar-refractivity contribution in [1.29, 1.82) is 0 Å². The zero-order valence-corrected chi connectivity index (χ0v) is 7.85. The van der Waals surface area contributed by atoms with Gasteiger partial charge in [0.15, 0.2) is 12.0 Å². The quantitative estimate of drug-likeness (QED) is 0.361. The van der Waals surface area contributed by atoms with Gasteiger partial charge in [-0.1, -0.05) is 11.6 Å². The van der Waals surface area contributed by atoms with Gasteiger partial charge in [0.25, 0.3) is 0 Å². The lowest BCUT2D eigenvalue weighted by Crippen LogP contribution is -1.76. The van der Waals surface area contributed by atoms with E-state index in [-0.39, 0.29) is 5.70 Å². The first-order chi connectivity index (χ1) is 6.76. The summed E-state index contributed by atoms with van der Waals surface area (Å²) in [6.45, 7) is 0. The Morgan fingerprint density at radius 3 is 2.50 bits per heavy atom. The van der Waals surface area contributed by atoms with Gasteiger partial charge in [0.2, 0.25) is 0 Å². The fraction of sp³-hybridized carbons (Fsp3) is 0. The number of allylic oxidation sites excluding steroid dienone is 1. The molecule has 0 bridgehead atoms. The van der Waals surface area contributed by atoms with Gasteiger partial charge in [-0.25, -0.2) is 0 Å². The Kier molecular flexibility index (Phi) is 3.82. The molecule has 1 N–H and O–H groups in total. The minimum Gasteiger partial charge on any atom is -0.513 e. The molecule has 0 aliphatic rings. The molecule has 0 atom stereocenters. The zero-order valence-electron chi connectivity index (χ0n) is 7.09. The van der Waals surface area contributed by atoms with Gasteiger partial charge in [-0.3, -0.25) is 4.79 Å². The topological polar surface area (TPSA) is 62.0 Å². The van der Waals surface area contributed by atoms with E-state index in [2.05, 4.69) is 10.2 Å². The fourth-order valence-corrected chi connectivity index (χ4v) is 0.829. The molecule has 0 aromatic heterocycles. The number of halogens is 1. The lowest BCUT2D eigenvalue weighted by atomic mass is 10.3. The van der Waals surface area contributed by atoms with Crippen LogP contribution < -0.4 is 0 Å². The third-order valence-electron chi connectivity index (χ3n) is 1.36. The SMILES string of the molecule is O=C/C(=C/O)N=Nc1ccc(Cl)cc1. The van der Waals surface area contributed by atoms with Gasteiger partial charge in [-0.2, -0.15) is 5.11 Å². The Morgan fingerprint density at radius 2 is 2.00 bits per heavy atom. The van der Waals surface area contributed by atoms with Crippen molar-refractivity contribution < 1.29 is 9.90 Å². The Bertz CT molecular complexity index is 371. The molecule has 0 fully saturated rings. The van der Waals surface area contributed by atoms with Crippen LogP contribution in [0.3, 0.4) is 0 Å². The Morgan fingerprint density at radius 1 is 1.36 bits per heavy atom. The van der Waals surface area contributed by atoms with Gasteiger partial charge < -0.3 is 5.11 Å². The number of azo groups is 1. The highest BCUT2D eigenvalue weighted by Crippen LogP contribution is 2.16. The molecule has 0 amide bonds. The van der Waals surface area contributed by atoms with Gasteiger partial charge in [-0.05, 0) is 24.3 Å². The van der Waals surface area contributed by atoms with E-state index in [9.17, 15) is 4.79 Å². The van der Waals surface area contributed by atoms with Crippen LogP contribution >= 0.6 is 11.6 Å². The highest BCUT2D eigenvalue weighted by Gasteiger charge is 1.92. The van der Waals surface area contributed by atoms with Crippen LogP contribution in [0.4, 0.5) is 5.69 Å². The largest absolute Gasteiger partial charge is 0.513 e. The van der Waals surface area contributed by atoms with Crippen LogP contribution in [0.2, 0.25) is 5.02 Å². The molecule has 0 unspecified atom stereocenters. The molecule has 0 spiro atoms. The molecule has 1 aromatic rings. The van der Waals surface area contributed by atoms with E-state index in [0.717, 1.165) is 0 Å². The number of hydrogen-bond donors (Lipinski definition) is 1. The minimum atomic E-state index is -0.139. The molecule has 72 valence electrons. The second kappa shape index (κ2) is 5.14. The van der Waals surface area contributed by atoms with Crippen LogP contribution in [-0.4, -0.2) is 11.4 Å². The van der Waals surface area contributed by atoms with E-state index in [0.29, 0.717) is 23.3 Å². The normalized spacial score (nSPS) is 11.9. The number of hydrogen-bond acceptors (Lipinski definition) is 4. The van der Waals surface area contributed by atoms with Crippen LogP contribution in [0.15, 0.2) is 46.5 Å². The van der Waals surface area contributed by atoms with Gasteiger partial charge >= 0.3 is 0 Å². The highest BCUT2D eigenvalue weighted by molar-refractivity contribution is 6.30. The average Bonchev–Trinajstić information content (AvgIpc) is 2.22. The number of nitrogens with zero attached hydrogens (tertiary/aromatic N) is 2. The lowest BCUT2D eigenvalue weighted by Gasteiger charge is -1.91. The Hall–Kier alpha value is -1.68. The summed E-state index contributed by atoms with van der Waals surface area (Å²) in [6, 6.07) is 6.59. The molecule has 0 saturated heterocycles. The maximum Gasteiger partial charge on any atom is 0.173 e. The summed E-state index contributed by atoms with van der Waals surface area (Å²) in [5.74, 6) is 0. The summed E-state index contributed by atoms with van der Waals surface area (Å²) in [4.78, 5) is 10.2. The predicted molar refractivity (Wildman–Crippen MR) is 52.7 cm³/mol. The molecule has 1 aromatic carbocycles. The van der Waals surface area contributed by atoms with E-state index in [4.69, 9.17) is 16.7 Å². The van der Waals surface area contributed by atoms with Crippen molar-refractivity contribution >= 4 is 23.6 Å². The number of carbonyl (C=O) groups is 1. The highest BCUT2D eigenvalue weighted by atomic mass is 35.5. The number of benzene rings is 1. The van der Waals surface area contributed by atoms with Gasteiger partial charge in [0, 0.05) is 5.02 Å². The Balaban J connectivity index is 2.78. The van der Waals surface area contributed by atoms with Gasteiger partial charge in [0.1, 0.15) is 6.26 Å². The number of aliphatic hydroxyl groups excluding tert-OH is 1. The third-order valence-corrected chi connectivity index (χ3v) is 1.61. The molecule has 4 nitrogen and oxygen atoms in total. The van der Waals surface area contributed by atoms with Crippen molar-refractivity contribution in [3.05, 3.63) is 41.2 Å². The van der Waals surface area contributed by atoms with Crippen LogP contribution in [0.5, 0.6) is 0 Å². The van der Waals surface area contributed by atoms with Crippen molar-refractivity contribution in [3.63, 3.8) is 0 Å². The lowest BCUT2D eigenvalue weighted by molar-refractivity contribution is -0.105. The molecule has 0 heterocycles. The first kappa shape index (κ1) is 10.4. The van der Waals surface area contributed by atoms with Crippen LogP contribution in [0.25, 0.3) is 0 Å². The summed E-state index contributed by atoms with van der Waals surface area (Å²) in [5, 5.41) is 16.3. The van der Waals surface area contributed by atoms with Crippen LogP contribution in [0, 0.1) is 0 Å². The predicted octanol–water partition coefficient (Wildman–Crippen LogP) is 3.02. The molecule has 1 rings (SSSR count). The van der Waals surface area contributed by atoms with Gasteiger partial charge in [-0.15, -0.1) is 5.11 Å². The first-order valence-corrected chi connectivity index (χ1v) is 4.11. The summed E-state index contributed by atoms with van der Waals surface area (Å²) in [7, 11) is 0. The molecule has 14 heavy (non-hydrogen) atoms. The maximum atomic E-state index is 10.2. The Labute approximate surface area is 85.5 Å². The van der Waals surface area contributed by atoms with Crippen molar-refractivity contribution in [3.8, 4) is 0 Å². The molecule has 0 aliphatic heterocycles. The van der Waals surface area contributed by atoms with E-state index < -0.39 is 0 Å². The zero-order chi connectivity index (χ0) is 10.4. The summed E-state index contributed by atoms with van der Waals surface area (Å²) < 4.78 is 0. The van der Waals surface area contributed by atoms with E-state index in [1.54, 1.807) is 24.3 Å². The standard InChI is InChI=1S/C9H7ClN2O2/c10-7-1-3-8(4-2-7)11-12-9(5-13)6-14/h1-6,13H/b9-5-,12-11?. The second-order valence-corrected chi connectivity index (χ2v) is 2.78. The second-order valence-electron chi connectivity index (χ2n) is 2.35. The van der Waals surface area contributed by atoms with Crippen molar-refractivity contribution in [2.24, 2.45) is 10.2 Å². The van der Waals surface area contributed by atoms with Crippen LogP contribution in [0.1, 0.15) is 0 Å². The monoisotopic (exact) mass is 210 g/mol. The third kappa shape index (κ3) is 2.99. The van der Waals surface area contributed by atoms with Gasteiger partial charge in [0.05, 0.1) is 5.69 Å². The van der Waals surface area contributed by atoms with Crippen molar-refractivity contribution in [2.75, 3.05) is 0 Å². The van der Waals surface area contributed by atoms with Crippen molar-refractivity contribution in [1.82, 2.24) is 0 Å². The van der Waals surface area contributed by atoms with E-state index >= 15 is 0 Å². The molecule has 5 heteroatoms. The maximum absolute atomic E-state index is 10.2. The van der Waals surface area contributed by atoms with E-state index in [1.807, 2.05) is 0 Å². The summed E-state index contributed by atoms with van der Waals surface area (Å²) in [6.07, 6.45) is 0.992. The van der Waals surface area contributed by atoms with Crippen LogP contribution in [-0.2, 0) is 4.79 Å².